The first-order valence-corrected chi connectivity index (χ1v) is 5.77. The first kappa shape index (κ1) is 12.5. The van der Waals surface area contributed by atoms with Crippen molar-refractivity contribution in [3.63, 3.8) is 0 Å². The lowest BCUT2D eigenvalue weighted by molar-refractivity contribution is 0.404. The highest BCUT2D eigenvalue weighted by molar-refractivity contribution is 5.43. The summed E-state index contributed by atoms with van der Waals surface area (Å²) in [5.74, 6) is 6.49. The number of hydrogen-bond acceptors (Lipinski definition) is 4. The van der Waals surface area contributed by atoms with Crippen LogP contribution in [0.1, 0.15) is 22.7 Å². The third-order valence-corrected chi connectivity index (χ3v) is 2.88. The molecule has 0 spiro atoms. The van der Waals surface area contributed by atoms with Crippen LogP contribution in [0.15, 0.2) is 42.7 Å². The molecule has 0 bridgehead atoms. The Morgan fingerprint density at radius 3 is 2.78 bits per heavy atom. The van der Waals surface area contributed by atoms with Gasteiger partial charge in [-0.3, -0.25) is 10.8 Å². The van der Waals surface area contributed by atoms with E-state index in [1.54, 1.807) is 19.5 Å². The third-order valence-electron chi connectivity index (χ3n) is 2.88. The predicted octanol–water partition coefficient (Wildman–Crippen LogP) is 1.95. The number of ether oxygens (including phenoxy) is 1. The van der Waals surface area contributed by atoms with Gasteiger partial charge in [-0.1, -0.05) is 18.2 Å². The van der Waals surface area contributed by atoms with E-state index in [0.29, 0.717) is 0 Å². The van der Waals surface area contributed by atoms with E-state index in [1.165, 1.54) is 0 Å². The molecular weight excluding hydrogens is 226 g/mol. The minimum Gasteiger partial charge on any atom is -0.496 e. The second-order valence-electron chi connectivity index (χ2n) is 4.13. The van der Waals surface area contributed by atoms with Crippen molar-refractivity contribution in [3.05, 3.63) is 59.4 Å². The molecule has 1 unspecified atom stereocenters. The molecule has 4 nitrogen and oxygen atoms in total. The van der Waals surface area contributed by atoms with E-state index in [1.807, 2.05) is 37.3 Å². The fourth-order valence-corrected chi connectivity index (χ4v) is 1.97. The van der Waals surface area contributed by atoms with Gasteiger partial charge in [0.2, 0.25) is 0 Å². The zero-order valence-corrected chi connectivity index (χ0v) is 10.6. The van der Waals surface area contributed by atoms with Crippen LogP contribution < -0.4 is 16.0 Å². The molecule has 0 aliphatic carbocycles. The molecule has 0 radical (unpaired) electrons. The number of pyridine rings is 1. The molecule has 0 aliphatic heterocycles. The fourth-order valence-electron chi connectivity index (χ4n) is 1.97. The highest BCUT2D eigenvalue weighted by Crippen LogP contribution is 2.29. The van der Waals surface area contributed by atoms with Crippen molar-refractivity contribution in [1.29, 1.82) is 0 Å². The molecule has 2 aromatic rings. The summed E-state index contributed by atoms with van der Waals surface area (Å²) < 4.78 is 5.41. The minimum absolute atomic E-state index is 0.130. The average molecular weight is 243 g/mol. The molecule has 1 aromatic carbocycles. The first-order chi connectivity index (χ1) is 8.76. The van der Waals surface area contributed by atoms with Gasteiger partial charge in [0, 0.05) is 18.0 Å². The Bertz CT molecular complexity index is 514. The Hall–Kier alpha value is -1.91. The summed E-state index contributed by atoms with van der Waals surface area (Å²) in [6.07, 6.45) is 3.53. The zero-order chi connectivity index (χ0) is 13.0. The molecule has 0 saturated heterocycles. The Labute approximate surface area is 107 Å². The highest BCUT2D eigenvalue weighted by atomic mass is 16.5. The van der Waals surface area contributed by atoms with E-state index in [-0.39, 0.29) is 6.04 Å². The fraction of sp³-hybridized carbons (Fsp3) is 0.214. The van der Waals surface area contributed by atoms with Crippen LogP contribution in [0.2, 0.25) is 0 Å². The topological polar surface area (TPSA) is 60.2 Å². The summed E-state index contributed by atoms with van der Waals surface area (Å²) in [5, 5.41) is 0. The maximum absolute atomic E-state index is 5.67. The monoisotopic (exact) mass is 243 g/mol. The summed E-state index contributed by atoms with van der Waals surface area (Å²) in [5.41, 5.74) is 5.96. The van der Waals surface area contributed by atoms with Gasteiger partial charge in [0.15, 0.2) is 0 Å². The summed E-state index contributed by atoms with van der Waals surface area (Å²) in [6, 6.07) is 9.80. The Morgan fingerprint density at radius 2 is 2.17 bits per heavy atom. The van der Waals surface area contributed by atoms with E-state index in [0.717, 1.165) is 22.4 Å². The molecule has 1 aromatic heterocycles. The molecule has 2 rings (SSSR count). The summed E-state index contributed by atoms with van der Waals surface area (Å²) in [7, 11) is 1.66. The summed E-state index contributed by atoms with van der Waals surface area (Å²) in [6.45, 7) is 2.03. The van der Waals surface area contributed by atoms with Gasteiger partial charge >= 0.3 is 0 Å². The maximum Gasteiger partial charge on any atom is 0.124 e. The Morgan fingerprint density at radius 1 is 1.33 bits per heavy atom. The summed E-state index contributed by atoms with van der Waals surface area (Å²) >= 11 is 0. The van der Waals surface area contributed by atoms with Gasteiger partial charge in [-0.15, -0.1) is 0 Å². The number of nitrogens with one attached hydrogen (secondary N) is 1. The van der Waals surface area contributed by atoms with Crippen LogP contribution in [-0.4, -0.2) is 12.1 Å². The van der Waals surface area contributed by atoms with Crippen LogP contribution in [0.5, 0.6) is 5.75 Å². The second-order valence-corrected chi connectivity index (χ2v) is 4.13. The second kappa shape index (κ2) is 5.62. The van der Waals surface area contributed by atoms with Crippen molar-refractivity contribution in [2.45, 2.75) is 13.0 Å². The van der Waals surface area contributed by atoms with Crippen molar-refractivity contribution in [3.8, 4) is 5.75 Å². The molecule has 3 N–H and O–H groups in total. The lowest BCUT2D eigenvalue weighted by atomic mass is 9.98. The average Bonchev–Trinajstić information content (AvgIpc) is 2.42. The number of methoxy groups -OCH3 is 1. The molecular formula is C14H17N3O. The number of aromatic nitrogens is 1. The van der Waals surface area contributed by atoms with E-state index < -0.39 is 0 Å². The lowest BCUT2D eigenvalue weighted by Crippen LogP contribution is -2.29. The Balaban J connectivity index is 2.45. The van der Waals surface area contributed by atoms with Crippen LogP contribution >= 0.6 is 0 Å². The van der Waals surface area contributed by atoms with Gasteiger partial charge < -0.3 is 4.74 Å². The number of rotatable bonds is 4. The van der Waals surface area contributed by atoms with Gasteiger partial charge in [0.25, 0.3) is 0 Å². The smallest absolute Gasteiger partial charge is 0.124 e. The van der Waals surface area contributed by atoms with Gasteiger partial charge in [0.05, 0.1) is 13.2 Å². The quantitative estimate of drug-likeness (QED) is 0.636. The molecule has 0 amide bonds. The summed E-state index contributed by atoms with van der Waals surface area (Å²) in [4.78, 5) is 4.12. The largest absolute Gasteiger partial charge is 0.496 e. The highest BCUT2D eigenvalue weighted by Gasteiger charge is 2.16. The third kappa shape index (κ3) is 2.50. The SMILES string of the molecule is COc1cc(C)ccc1C(NN)c1cccnc1. The first-order valence-electron chi connectivity index (χ1n) is 5.77. The van der Waals surface area contributed by atoms with Crippen molar-refractivity contribution in [2.24, 2.45) is 5.84 Å². The van der Waals surface area contributed by atoms with Crippen molar-refractivity contribution < 1.29 is 4.74 Å². The number of nitrogens with two attached hydrogens (primary N) is 1. The van der Waals surface area contributed by atoms with Gasteiger partial charge in [-0.25, -0.2) is 5.43 Å². The van der Waals surface area contributed by atoms with E-state index in [2.05, 4.69) is 10.4 Å². The molecule has 0 saturated carbocycles. The van der Waals surface area contributed by atoms with Crippen LogP contribution in [0, 0.1) is 6.92 Å². The van der Waals surface area contributed by atoms with Crippen LogP contribution in [-0.2, 0) is 0 Å². The van der Waals surface area contributed by atoms with Gasteiger partial charge in [0.1, 0.15) is 5.75 Å². The van der Waals surface area contributed by atoms with Crippen LogP contribution in [0.3, 0.4) is 0 Å². The molecule has 0 aliphatic rings. The van der Waals surface area contributed by atoms with E-state index in [4.69, 9.17) is 10.6 Å². The van der Waals surface area contributed by atoms with Gasteiger partial charge in [-0.2, -0.15) is 0 Å². The van der Waals surface area contributed by atoms with Crippen molar-refractivity contribution in [1.82, 2.24) is 10.4 Å². The molecule has 18 heavy (non-hydrogen) atoms. The normalized spacial score (nSPS) is 12.2. The lowest BCUT2D eigenvalue weighted by Gasteiger charge is -2.19. The molecule has 1 atom stereocenters. The zero-order valence-electron chi connectivity index (χ0n) is 10.6. The number of hydrazine groups is 1. The van der Waals surface area contributed by atoms with Crippen LogP contribution in [0.4, 0.5) is 0 Å². The number of hydrogen-bond donors (Lipinski definition) is 2. The Kier molecular flexibility index (Phi) is 3.92. The van der Waals surface area contributed by atoms with Crippen molar-refractivity contribution in [2.75, 3.05) is 7.11 Å². The molecule has 0 fully saturated rings. The molecule has 4 heteroatoms. The molecule has 1 heterocycles. The number of benzene rings is 1. The van der Waals surface area contributed by atoms with E-state index >= 15 is 0 Å². The van der Waals surface area contributed by atoms with Crippen molar-refractivity contribution >= 4 is 0 Å². The number of nitrogens with zero attached hydrogens (tertiary/aromatic N) is 1. The van der Waals surface area contributed by atoms with Crippen LogP contribution in [0.25, 0.3) is 0 Å². The number of aryl methyl sites for hydroxylation is 1. The van der Waals surface area contributed by atoms with E-state index in [9.17, 15) is 0 Å². The standard InChI is InChI=1S/C14H17N3O/c1-10-5-6-12(13(8-10)18-2)14(17-15)11-4-3-7-16-9-11/h3-9,14,17H,15H2,1-2H3. The maximum atomic E-state index is 5.67. The molecule has 94 valence electrons. The van der Waals surface area contributed by atoms with Gasteiger partial charge in [-0.05, 0) is 30.2 Å². The predicted molar refractivity (Wildman–Crippen MR) is 71.1 cm³/mol. The minimum atomic E-state index is -0.130.